The SMILES string of the molecule is COCCNC(=O)[C@H]1CCCN(C2CCN(C(=O)c3ncccc3O)CC2)C1. The molecule has 1 aromatic rings. The summed E-state index contributed by atoms with van der Waals surface area (Å²) in [4.78, 5) is 33.1. The summed E-state index contributed by atoms with van der Waals surface area (Å²) in [5.74, 6) is -0.158. The number of nitrogens with zero attached hydrogens (tertiary/aromatic N) is 3. The molecular formula is C20H30N4O4. The summed E-state index contributed by atoms with van der Waals surface area (Å²) < 4.78 is 4.99. The van der Waals surface area contributed by atoms with E-state index in [4.69, 9.17) is 4.74 Å². The number of piperidine rings is 2. The van der Waals surface area contributed by atoms with Gasteiger partial charge in [0.25, 0.3) is 5.91 Å². The van der Waals surface area contributed by atoms with Gasteiger partial charge in [0.2, 0.25) is 5.91 Å². The number of pyridine rings is 1. The quantitative estimate of drug-likeness (QED) is 0.700. The number of hydrogen-bond donors (Lipinski definition) is 2. The Morgan fingerprint density at radius 2 is 2.07 bits per heavy atom. The van der Waals surface area contributed by atoms with Crippen molar-refractivity contribution in [3.63, 3.8) is 0 Å². The molecule has 0 unspecified atom stereocenters. The number of aromatic hydroxyl groups is 1. The molecule has 2 amide bonds. The van der Waals surface area contributed by atoms with Crippen LogP contribution in [0.1, 0.15) is 36.2 Å². The molecule has 3 rings (SSSR count). The molecular weight excluding hydrogens is 360 g/mol. The highest BCUT2D eigenvalue weighted by molar-refractivity contribution is 5.94. The number of hydrogen-bond acceptors (Lipinski definition) is 6. The molecule has 8 heteroatoms. The van der Waals surface area contributed by atoms with Crippen molar-refractivity contribution in [3.8, 4) is 5.75 Å². The first-order valence-corrected chi connectivity index (χ1v) is 10.0. The van der Waals surface area contributed by atoms with Gasteiger partial charge in [-0.1, -0.05) is 0 Å². The maximum atomic E-state index is 12.6. The Morgan fingerprint density at radius 1 is 1.29 bits per heavy atom. The zero-order valence-electron chi connectivity index (χ0n) is 16.5. The molecule has 2 fully saturated rings. The molecule has 0 saturated carbocycles. The largest absolute Gasteiger partial charge is 0.505 e. The molecule has 2 aliphatic heterocycles. The second kappa shape index (κ2) is 9.84. The van der Waals surface area contributed by atoms with E-state index in [2.05, 4.69) is 15.2 Å². The lowest BCUT2D eigenvalue weighted by Crippen LogP contribution is -2.51. The zero-order valence-corrected chi connectivity index (χ0v) is 16.5. The van der Waals surface area contributed by atoms with Crippen LogP contribution in [0.2, 0.25) is 0 Å². The third-order valence-electron chi connectivity index (χ3n) is 5.69. The van der Waals surface area contributed by atoms with E-state index in [-0.39, 0.29) is 29.2 Å². The minimum Gasteiger partial charge on any atom is -0.505 e. The van der Waals surface area contributed by atoms with Crippen LogP contribution in [0.5, 0.6) is 5.75 Å². The maximum Gasteiger partial charge on any atom is 0.276 e. The third-order valence-corrected chi connectivity index (χ3v) is 5.69. The second-order valence-corrected chi connectivity index (χ2v) is 7.51. The van der Waals surface area contributed by atoms with Gasteiger partial charge in [0.05, 0.1) is 12.5 Å². The van der Waals surface area contributed by atoms with Crippen molar-refractivity contribution in [2.75, 3.05) is 46.4 Å². The van der Waals surface area contributed by atoms with Crippen LogP contribution in [0.4, 0.5) is 0 Å². The van der Waals surface area contributed by atoms with Gasteiger partial charge in [0, 0.05) is 45.5 Å². The number of nitrogens with one attached hydrogen (secondary N) is 1. The smallest absolute Gasteiger partial charge is 0.276 e. The Kier molecular flexibility index (Phi) is 7.22. The number of amides is 2. The van der Waals surface area contributed by atoms with E-state index in [9.17, 15) is 14.7 Å². The molecule has 154 valence electrons. The van der Waals surface area contributed by atoms with Crippen molar-refractivity contribution >= 4 is 11.8 Å². The molecule has 0 spiro atoms. The van der Waals surface area contributed by atoms with Gasteiger partial charge in [-0.2, -0.15) is 0 Å². The Balaban J connectivity index is 1.49. The fourth-order valence-corrected chi connectivity index (χ4v) is 4.12. The summed E-state index contributed by atoms with van der Waals surface area (Å²) >= 11 is 0. The van der Waals surface area contributed by atoms with Crippen LogP contribution in [0.25, 0.3) is 0 Å². The number of rotatable bonds is 6. The van der Waals surface area contributed by atoms with Crippen LogP contribution in [0.15, 0.2) is 18.3 Å². The van der Waals surface area contributed by atoms with E-state index < -0.39 is 0 Å². The summed E-state index contributed by atoms with van der Waals surface area (Å²) in [6.45, 7) is 4.13. The van der Waals surface area contributed by atoms with E-state index in [1.165, 1.54) is 12.3 Å². The average molecular weight is 390 g/mol. The predicted molar refractivity (Wildman–Crippen MR) is 104 cm³/mol. The number of methoxy groups -OCH3 is 1. The number of ether oxygens (including phenoxy) is 1. The lowest BCUT2D eigenvalue weighted by atomic mass is 9.93. The molecule has 0 bridgehead atoms. The summed E-state index contributed by atoms with van der Waals surface area (Å²) in [5.41, 5.74) is 0.117. The number of aromatic nitrogens is 1. The summed E-state index contributed by atoms with van der Waals surface area (Å²) in [5, 5.41) is 12.8. The van der Waals surface area contributed by atoms with Gasteiger partial charge in [-0.15, -0.1) is 0 Å². The van der Waals surface area contributed by atoms with Gasteiger partial charge in [-0.3, -0.25) is 14.5 Å². The Labute approximate surface area is 165 Å². The van der Waals surface area contributed by atoms with Crippen molar-refractivity contribution in [3.05, 3.63) is 24.0 Å². The minimum absolute atomic E-state index is 0.0238. The molecule has 0 aromatic carbocycles. The Bertz CT molecular complexity index is 676. The molecule has 28 heavy (non-hydrogen) atoms. The normalized spacial score (nSPS) is 21.5. The van der Waals surface area contributed by atoms with Gasteiger partial charge in [0.1, 0.15) is 5.75 Å². The van der Waals surface area contributed by atoms with Crippen LogP contribution in [0.3, 0.4) is 0 Å². The lowest BCUT2D eigenvalue weighted by Gasteiger charge is -2.42. The molecule has 1 atom stereocenters. The summed E-state index contributed by atoms with van der Waals surface area (Å²) in [7, 11) is 1.63. The highest BCUT2D eigenvalue weighted by Gasteiger charge is 2.33. The molecule has 2 N–H and O–H groups in total. The number of carbonyl (C=O) groups excluding carboxylic acids is 2. The van der Waals surface area contributed by atoms with Gasteiger partial charge < -0.3 is 20.1 Å². The van der Waals surface area contributed by atoms with E-state index in [1.807, 2.05) is 0 Å². The Morgan fingerprint density at radius 3 is 2.79 bits per heavy atom. The predicted octanol–water partition coefficient (Wildman–Crippen LogP) is 0.866. The molecule has 2 saturated heterocycles. The van der Waals surface area contributed by atoms with E-state index in [1.54, 1.807) is 18.1 Å². The molecule has 0 radical (unpaired) electrons. The molecule has 1 aromatic heterocycles. The maximum absolute atomic E-state index is 12.6. The molecule has 0 aliphatic carbocycles. The van der Waals surface area contributed by atoms with Crippen LogP contribution in [-0.2, 0) is 9.53 Å². The van der Waals surface area contributed by atoms with Crippen LogP contribution >= 0.6 is 0 Å². The number of likely N-dealkylation sites (tertiary alicyclic amines) is 2. The van der Waals surface area contributed by atoms with E-state index in [0.29, 0.717) is 32.3 Å². The van der Waals surface area contributed by atoms with Crippen molar-refractivity contribution < 1.29 is 19.4 Å². The Hall–Kier alpha value is -2.19. The van der Waals surface area contributed by atoms with Crippen LogP contribution in [-0.4, -0.2) is 84.2 Å². The van der Waals surface area contributed by atoms with Gasteiger partial charge in [0.15, 0.2) is 5.69 Å². The fourth-order valence-electron chi connectivity index (χ4n) is 4.12. The average Bonchev–Trinajstić information content (AvgIpc) is 2.74. The highest BCUT2D eigenvalue weighted by atomic mass is 16.5. The topological polar surface area (TPSA) is 95.0 Å². The monoisotopic (exact) mass is 390 g/mol. The van der Waals surface area contributed by atoms with E-state index in [0.717, 1.165) is 38.8 Å². The van der Waals surface area contributed by atoms with Crippen molar-refractivity contribution in [1.82, 2.24) is 20.1 Å². The first-order chi connectivity index (χ1) is 13.6. The fraction of sp³-hybridized carbons (Fsp3) is 0.650. The number of carbonyl (C=O) groups is 2. The van der Waals surface area contributed by atoms with Gasteiger partial charge in [-0.25, -0.2) is 4.98 Å². The highest BCUT2D eigenvalue weighted by Crippen LogP contribution is 2.25. The van der Waals surface area contributed by atoms with Crippen molar-refractivity contribution in [2.45, 2.75) is 31.7 Å². The van der Waals surface area contributed by atoms with Crippen molar-refractivity contribution in [2.24, 2.45) is 5.92 Å². The molecule has 2 aliphatic rings. The first-order valence-electron chi connectivity index (χ1n) is 10.0. The minimum atomic E-state index is -0.217. The zero-order chi connectivity index (χ0) is 19.9. The van der Waals surface area contributed by atoms with Crippen molar-refractivity contribution in [1.29, 1.82) is 0 Å². The third kappa shape index (κ3) is 4.99. The standard InChI is InChI=1S/C20H30N4O4/c1-28-13-9-22-19(26)15-4-3-10-24(14-15)16-6-11-23(12-7-16)20(27)18-17(25)5-2-8-21-18/h2,5,8,15-16,25H,3-4,6-7,9-14H2,1H3,(H,22,26)/t15-/m0/s1. The van der Waals surface area contributed by atoms with Crippen LogP contribution in [0, 0.1) is 5.92 Å². The molecule has 3 heterocycles. The van der Waals surface area contributed by atoms with E-state index >= 15 is 0 Å². The molecule has 8 nitrogen and oxygen atoms in total. The van der Waals surface area contributed by atoms with Gasteiger partial charge in [-0.05, 0) is 44.4 Å². The first kappa shape index (κ1) is 20.5. The van der Waals surface area contributed by atoms with Crippen LogP contribution < -0.4 is 5.32 Å². The second-order valence-electron chi connectivity index (χ2n) is 7.51. The van der Waals surface area contributed by atoms with Gasteiger partial charge >= 0.3 is 0 Å². The summed E-state index contributed by atoms with van der Waals surface area (Å²) in [6, 6.07) is 3.48. The lowest BCUT2D eigenvalue weighted by molar-refractivity contribution is -0.127. The summed E-state index contributed by atoms with van der Waals surface area (Å²) in [6.07, 6.45) is 5.20.